The third-order valence-corrected chi connectivity index (χ3v) is 4.38. The van der Waals surface area contributed by atoms with Crippen LogP contribution in [0.15, 0.2) is 47.0 Å². The molecule has 8 heteroatoms. The monoisotopic (exact) mass is 425 g/mol. The molecule has 164 valence electrons. The zero-order valence-corrected chi connectivity index (χ0v) is 18.3. The normalized spacial score (nSPS) is 10.6. The second kappa shape index (κ2) is 10.5. The van der Waals surface area contributed by atoms with E-state index in [1.165, 1.54) is 4.90 Å². The van der Waals surface area contributed by atoms with Gasteiger partial charge in [-0.25, -0.2) is 0 Å². The molecule has 0 saturated carbocycles. The largest absolute Gasteiger partial charge is 0.490 e. The molecular weight excluding hydrogens is 398 g/mol. The minimum absolute atomic E-state index is 0.166. The summed E-state index contributed by atoms with van der Waals surface area (Å²) in [4.78, 5) is 19.0. The quantitative estimate of drug-likeness (QED) is 0.481. The van der Waals surface area contributed by atoms with Crippen molar-refractivity contribution in [3.05, 3.63) is 53.9 Å². The second-order valence-corrected chi connectivity index (χ2v) is 6.64. The lowest BCUT2D eigenvalue weighted by Crippen LogP contribution is -2.26. The molecule has 0 saturated heterocycles. The molecule has 0 bridgehead atoms. The van der Waals surface area contributed by atoms with Gasteiger partial charge in [0, 0.05) is 18.2 Å². The highest BCUT2D eigenvalue weighted by Gasteiger charge is 2.22. The maximum atomic E-state index is 13.1. The number of benzene rings is 2. The zero-order valence-electron chi connectivity index (χ0n) is 18.3. The number of hydrogen-bond acceptors (Lipinski definition) is 7. The number of hydrogen-bond donors (Lipinski definition) is 0. The van der Waals surface area contributed by atoms with Gasteiger partial charge in [0.2, 0.25) is 17.5 Å². The van der Waals surface area contributed by atoms with Crippen LogP contribution < -0.4 is 14.2 Å². The molecule has 1 heterocycles. The number of amides is 1. The lowest BCUT2D eigenvalue weighted by Gasteiger charge is -2.19. The molecule has 0 aliphatic heterocycles. The minimum atomic E-state index is -0.232. The molecule has 0 radical (unpaired) electrons. The summed E-state index contributed by atoms with van der Waals surface area (Å²) < 4.78 is 22.4. The molecule has 0 fully saturated rings. The number of ether oxygens (including phenoxy) is 3. The molecule has 1 aromatic heterocycles. The number of rotatable bonds is 10. The second-order valence-electron chi connectivity index (χ2n) is 6.64. The Morgan fingerprint density at radius 1 is 0.968 bits per heavy atom. The maximum Gasteiger partial charge on any atom is 0.254 e. The highest BCUT2D eigenvalue weighted by Crippen LogP contribution is 2.39. The maximum absolute atomic E-state index is 13.1. The number of nitrogens with zero attached hydrogens (tertiary/aromatic N) is 3. The van der Waals surface area contributed by atoms with E-state index in [1.807, 2.05) is 51.1 Å². The van der Waals surface area contributed by atoms with Crippen molar-refractivity contribution < 1.29 is 23.5 Å². The van der Waals surface area contributed by atoms with E-state index in [2.05, 4.69) is 10.1 Å². The Bertz CT molecular complexity index is 976. The molecule has 0 aliphatic carbocycles. The Morgan fingerprint density at radius 3 is 2.16 bits per heavy atom. The molecule has 1 amide bonds. The van der Waals surface area contributed by atoms with Crippen LogP contribution in [-0.2, 0) is 6.54 Å². The van der Waals surface area contributed by atoms with Crippen molar-refractivity contribution in [1.82, 2.24) is 15.0 Å². The van der Waals surface area contributed by atoms with Crippen molar-refractivity contribution in [2.75, 3.05) is 26.9 Å². The molecule has 3 aromatic rings. The highest BCUT2D eigenvalue weighted by atomic mass is 16.5. The van der Waals surface area contributed by atoms with Gasteiger partial charge in [-0.1, -0.05) is 35.5 Å². The van der Waals surface area contributed by atoms with E-state index in [9.17, 15) is 4.79 Å². The molecule has 0 spiro atoms. The predicted molar refractivity (Wildman–Crippen MR) is 115 cm³/mol. The summed E-state index contributed by atoms with van der Waals surface area (Å²) in [5.41, 5.74) is 1.27. The predicted octanol–water partition coefficient (Wildman–Crippen LogP) is 4.20. The topological polar surface area (TPSA) is 86.9 Å². The fraction of sp³-hybridized carbons (Fsp3) is 0.348. The third-order valence-electron chi connectivity index (χ3n) is 4.38. The molecular formula is C23H27N3O5. The lowest BCUT2D eigenvalue weighted by atomic mass is 10.1. The van der Waals surface area contributed by atoms with E-state index in [0.717, 1.165) is 5.56 Å². The Hall–Kier alpha value is -3.55. The summed E-state index contributed by atoms with van der Waals surface area (Å²) in [6, 6.07) is 12.8. The Labute approximate surface area is 181 Å². The van der Waals surface area contributed by atoms with Crippen LogP contribution in [0, 0.1) is 0 Å². The van der Waals surface area contributed by atoms with Crippen molar-refractivity contribution in [3.63, 3.8) is 0 Å². The highest BCUT2D eigenvalue weighted by molar-refractivity contribution is 5.95. The first-order valence-electron chi connectivity index (χ1n) is 10.3. The molecule has 2 aromatic carbocycles. The van der Waals surface area contributed by atoms with Gasteiger partial charge >= 0.3 is 0 Å². The summed E-state index contributed by atoms with van der Waals surface area (Å²) in [7, 11) is 1.67. The van der Waals surface area contributed by atoms with E-state index >= 15 is 0 Å². The average molecular weight is 425 g/mol. The van der Waals surface area contributed by atoms with Crippen LogP contribution in [0.1, 0.15) is 37.0 Å². The fourth-order valence-corrected chi connectivity index (χ4v) is 3.03. The SMILES string of the molecule is CCOc1cc(C(=O)N(C)Cc2nc(-c3ccccc3)no2)cc(OCC)c1OCC. The van der Waals surface area contributed by atoms with Gasteiger partial charge < -0.3 is 23.6 Å². The molecule has 3 rings (SSSR count). The minimum Gasteiger partial charge on any atom is -0.490 e. The van der Waals surface area contributed by atoms with Gasteiger partial charge in [-0.3, -0.25) is 4.79 Å². The van der Waals surface area contributed by atoms with Gasteiger partial charge in [0.05, 0.1) is 26.4 Å². The van der Waals surface area contributed by atoms with Gasteiger partial charge in [0.1, 0.15) is 0 Å². The third kappa shape index (κ3) is 5.33. The van der Waals surface area contributed by atoms with Gasteiger partial charge in [-0.05, 0) is 32.9 Å². The van der Waals surface area contributed by atoms with E-state index in [0.29, 0.717) is 54.3 Å². The van der Waals surface area contributed by atoms with Gasteiger partial charge in [-0.2, -0.15) is 4.98 Å². The van der Waals surface area contributed by atoms with Crippen molar-refractivity contribution >= 4 is 5.91 Å². The number of aromatic nitrogens is 2. The van der Waals surface area contributed by atoms with Crippen molar-refractivity contribution in [2.45, 2.75) is 27.3 Å². The van der Waals surface area contributed by atoms with Crippen LogP contribution in [-0.4, -0.2) is 47.8 Å². The van der Waals surface area contributed by atoms with Crippen LogP contribution in [0.3, 0.4) is 0 Å². The molecule has 8 nitrogen and oxygen atoms in total. The van der Waals surface area contributed by atoms with Gasteiger partial charge in [-0.15, -0.1) is 0 Å². The van der Waals surface area contributed by atoms with Crippen LogP contribution in [0.2, 0.25) is 0 Å². The van der Waals surface area contributed by atoms with Crippen LogP contribution in [0.25, 0.3) is 11.4 Å². The molecule has 0 atom stereocenters. The molecule has 31 heavy (non-hydrogen) atoms. The summed E-state index contributed by atoms with van der Waals surface area (Å²) >= 11 is 0. The van der Waals surface area contributed by atoms with Crippen molar-refractivity contribution in [3.8, 4) is 28.6 Å². The average Bonchev–Trinajstić information content (AvgIpc) is 3.24. The summed E-state index contributed by atoms with van der Waals surface area (Å²) in [5.74, 6) is 2.03. The first kappa shape index (κ1) is 22.1. The Morgan fingerprint density at radius 2 is 1.58 bits per heavy atom. The zero-order chi connectivity index (χ0) is 22.2. The van der Waals surface area contributed by atoms with E-state index in [4.69, 9.17) is 18.7 Å². The van der Waals surface area contributed by atoms with E-state index in [-0.39, 0.29) is 12.5 Å². The summed E-state index contributed by atoms with van der Waals surface area (Å²) in [6.07, 6.45) is 0. The summed E-state index contributed by atoms with van der Waals surface area (Å²) in [5, 5.41) is 4.00. The number of carbonyl (C=O) groups excluding carboxylic acids is 1. The Kier molecular flexibility index (Phi) is 7.48. The molecule has 0 N–H and O–H groups in total. The van der Waals surface area contributed by atoms with Crippen LogP contribution in [0.5, 0.6) is 17.2 Å². The van der Waals surface area contributed by atoms with Crippen molar-refractivity contribution in [1.29, 1.82) is 0 Å². The van der Waals surface area contributed by atoms with E-state index in [1.54, 1.807) is 19.2 Å². The van der Waals surface area contributed by atoms with Crippen molar-refractivity contribution in [2.24, 2.45) is 0 Å². The first-order chi connectivity index (χ1) is 15.1. The summed E-state index contributed by atoms with van der Waals surface area (Å²) in [6.45, 7) is 7.11. The standard InChI is InChI=1S/C23H27N3O5/c1-5-28-18-13-17(14-19(29-6-2)21(18)30-7-3)23(27)26(4)15-20-24-22(25-31-20)16-11-9-8-10-12-16/h8-14H,5-7,15H2,1-4H3. The first-order valence-corrected chi connectivity index (χ1v) is 10.3. The van der Waals surface area contributed by atoms with Crippen LogP contribution in [0.4, 0.5) is 0 Å². The lowest BCUT2D eigenvalue weighted by molar-refractivity contribution is 0.0768. The Balaban J connectivity index is 1.82. The fourth-order valence-electron chi connectivity index (χ4n) is 3.03. The number of carbonyl (C=O) groups is 1. The molecule has 0 aliphatic rings. The molecule has 0 unspecified atom stereocenters. The van der Waals surface area contributed by atoms with E-state index < -0.39 is 0 Å². The van der Waals surface area contributed by atoms with Gasteiger partial charge in [0.15, 0.2) is 11.5 Å². The van der Waals surface area contributed by atoms with Gasteiger partial charge in [0.25, 0.3) is 5.91 Å². The van der Waals surface area contributed by atoms with Crippen LogP contribution >= 0.6 is 0 Å². The smallest absolute Gasteiger partial charge is 0.254 e.